The fourth-order valence-electron chi connectivity index (χ4n) is 2.23. The Hall–Kier alpha value is -2.51. The molecule has 0 radical (unpaired) electrons. The third-order valence-electron chi connectivity index (χ3n) is 3.49. The number of thiophene rings is 1. The number of carbonyl (C=O) groups excluding carboxylic acids is 2. The zero-order valence-corrected chi connectivity index (χ0v) is 15.1. The van der Waals surface area contributed by atoms with Gasteiger partial charge in [-0.25, -0.2) is 0 Å². The maximum atomic E-state index is 12.1. The third kappa shape index (κ3) is 4.32. The standard InChI is InChI=1S/C18H16N2O3S2/c1-24-16-5-3-2-4-15(16)20-18(22)17(21)19-9-14-8-13(11-25-14)12-6-7-23-10-12/h2-8,10-11H,9H2,1H3,(H,19,21)(H,20,22). The van der Waals surface area contributed by atoms with Crippen LogP contribution in [0.5, 0.6) is 0 Å². The van der Waals surface area contributed by atoms with E-state index in [1.165, 1.54) is 23.1 Å². The van der Waals surface area contributed by atoms with Crippen molar-refractivity contribution in [3.63, 3.8) is 0 Å². The molecule has 0 atom stereocenters. The Balaban J connectivity index is 1.56. The Bertz CT molecular complexity index is 872. The molecule has 0 bridgehead atoms. The maximum Gasteiger partial charge on any atom is 0.313 e. The highest BCUT2D eigenvalue weighted by Gasteiger charge is 2.15. The van der Waals surface area contributed by atoms with Crippen LogP contribution < -0.4 is 10.6 Å². The van der Waals surface area contributed by atoms with Crippen molar-refractivity contribution in [2.75, 3.05) is 11.6 Å². The number of anilines is 1. The van der Waals surface area contributed by atoms with Gasteiger partial charge in [0.2, 0.25) is 0 Å². The molecule has 0 saturated heterocycles. The van der Waals surface area contributed by atoms with Crippen molar-refractivity contribution in [2.45, 2.75) is 11.4 Å². The van der Waals surface area contributed by atoms with Crippen LogP contribution in [0.25, 0.3) is 11.1 Å². The number of amides is 2. The molecule has 0 saturated carbocycles. The Labute approximate surface area is 153 Å². The van der Waals surface area contributed by atoms with Gasteiger partial charge in [0.1, 0.15) is 0 Å². The lowest BCUT2D eigenvalue weighted by molar-refractivity contribution is -0.136. The highest BCUT2D eigenvalue weighted by Crippen LogP contribution is 2.26. The lowest BCUT2D eigenvalue weighted by atomic mass is 10.2. The normalized spacial score (nSPS) is 10.4. The van der Waals surface area contributed by atoms with E-state index in [0.29, 0.717) is 12.2 Å². The van der Waals surface area contributed by atoms with E-state index in [-0.39, 0.29) is 0 Å². The van der Waals surface area contributed by atoms with Crippen molar-refractivity contribution in [2.24, 2.45) is 0 Å². The number of furan rings is 1. The van der Waals surface area contributed by atoms with E-state index >= 15 is 0 Å². The van der Waals surface area contributed by atoms with Gasteiger partial charge in [0, 0.05) is 15.3 Å². The van der Waals surface area contributed by atoms with Gasteiger partial charge >= 0.3 is 11.8 Å². The second-order valence-electron chi connectivity index (χ2n) is 5.15. The largest absolute Gasteiger partial charge is 0.472 e. The van der Waals surface area contributed by atoms with E-state index in [1.54, 1.807) is 18.6 Å². The number of thioether (sulfide) groups is 1. The van der Waals surface area contributed by atoms with Gasteiger partial charge in [0.25, 0.3) is 0 Å². The summed E-state index contributed by atoms with van der Waals surface area (Å²) in [5, 5.41) is 7.28. The minimum absolute atomic E-state index is 0.305. The monoisotopic (exact) mass is 372 g/mol. The molecule has 0 aliphatic heterocycles. The van der Waals surface area contributed by atoms with Crippen molar-refractivity contribution in [3.05, 3.63) is 59.2 Å². The minimum atomic E-state index is -0.673. The van der Waals surface area contributed by atoms with Gasteiger partial charge in [-0.2, -0.15) is 0 Å². The zero-order chi connectivity index (χ0) is 17.6. The van der Waals surface area contributed by atoms with Gasteiger partial charge in [-0.05, 0) is 41.5 Å². The van der Waals surface area contributed by atoms with E-state index in [4.69, 9.17) is 4.42 Å². The van der Waals surface area contributed by atoms with E-state index in [9.17, 15) is 9.59 Å². The quantitative estimate of drug-likeness (QED) is 0.525. The molecule has 1 aromatic carbocycles. The third-order valence-corrected chi connectivity index (χ3v) is 5.23. The summed E-state index contributed by atoms with van der Waals surface area (Å²) in [6, 6.07) is 11.2. The number of para-hydroxylation sites is 1. The van der Waals surface area contributed by atoms with Crippen LogP contribution in [0.1, 0.15) is 4.88 Å². The molecule has 0 spiro atoms. The van der Waals surface area contributed by atoms with E-state index in [0.717, 1.165) is 20.9 Å². The summed E-state index contributed by atoms with van der Waals surface area (Å²) in [6.07, 6.45) is 5.20. The van der Waals surface area contributed by atoms with Crippen LogP contribution in [0, 0.1) is 0 Å². The first-order chi connectivity index (χ1) is 12.2. The molecule has 3 rings (SSSR count). The summed E-state index contributed by atoms with van der Waals surface area (Å²) < 4.78 is 5.06. The Morgan fingerprint density at radius 3 is 2.76 bits per heavy atom. The Morgan fingerprint density at radius 1 is 1.16 bits per heavy atom. The molecule has 25 heavy (non-hydrogen) atoms. The van der Waals surface area contributed by atoms with Gasteiger partial charge in [-0.15, -0.1) is 23.1 Å². The molecule has 5 nitrogen and oxygen atoms in total. The van der Waals surface area contributed by atoms with Gasteiger partial charge in [-0.1, -0.05) is 12.1 Å². The molecule has 0 fully saturated rings. The van der Waals surface area contributed by atoms with Crippen molar-refractivity contribution in [3.8, 4) is 11.1 Å². The average Bonchev–Trinajstić information content (AvgIpc) is 3.31. The van der Waals surface area contributed by atoms with Gasteiger partial charge < -0.3 is 15.1 Å². The lowest BCUT2D eigenvalue weighted by Gasteiger charge is -2.09. The van der Waals surface area contributed by atoms with Crippen LogP contribution in [-0.4, -0.2) is 18.1 Å². The highest BCUT2D eigenvalue weighted by atomic mass is 32.2. The summed E-state index contributed by atoms with van der Waals surface area (Å²) in [6.45, 7) is 0.305. The van der Waals surface area contributed by atoms with E-state index in [1.807, 2.05) is 42.0 Å². The van der Waals surface area contributed by atoms with Crippen LogP contribution in [0.4, 0.5) is 5.69 Å². The number of rotatable bonds is 5. The molecular formula is C18H16N2O3S2. The van der Waals surface area contributed by atoms with Crippen molar-refractivity contribution >= 4 is 40.6 Å². The lowest BCUT2D eigenvalue weighted by Crippen LogP contribution is -2.34. The van der Waals surface area contributed by atoms with Crippen molar-refractivity contribution in [1.82, 2.24) is 5.32 Å². The molecule has 3 aromatic rings. The predicted octanol–water partition coefficient (Wildman–Crippen LogP) is 3.98. The maximum absolute atomic E-state index is 12.1. The molecule has 0 aliphatic rings. The van der Waals surface area contributed by atoms with Crippen LogP contribution in [0.15, 0.2) is 63.6 Å². The first-order valence-corrected chi connectivity index (χ1v) is 9.60. The highest BCUT2D eigenvalue weighted by molar-refractivity contribution is 7.98. The average molecular weight is 372 g/mol. The summed E-state index contributed by atoms with van der Waals surface area (Å²) in [4.78, 5) is 25.9. The molecule has 2 heterocycles. The van der Waals surface area contributed by atoms with Crippen molar-refractivity contribution in [1.29, 1.82) is 0 Å². The predicted molar refractivity (Wildman–Crippen MR) is 101 cm³/mol. The molecule has 0 unspecified atom stereocenters. The minimum Gasteiger partial charge on any atom is -0.472 e. The Morgan fingerprint density at radius 2 is 2.00 bits per heavy atom. The van der Waals surface area contributed by atoms with Gasteiger partial charge in [0.15, 0.2) is 0 Å². The van der Waals surface area contributed by atoms with E-state index < -0.39 is 11.8 Å². The molecule has 0 aliphatic carbocycles. The van der Waals surface area contributed by atoms with Crippen LogP contribution >= 0.6 is 23.1 Å². The zero-order valence-electron chi connectivity index (χ0n) is 13.4. The second kappa shape index (κ2) is 8.04. The number of carbonyl (C=O) groups is 2. The van der Waals surface area contributed by atoms with Crippen molar-refractivity contribution < 1.29 is 14.0 Å². The molecule has 2 aromatic heterocycles. The fraction of sp³-hybridized carbons (Fsp3) is 0.111. The van der Waals surface area contributed by atoms with Crippen LogP contribution in [0.2, 0.25) is 0 Å². The first kappa shape index (κ1) is 17.3. The number of nitrogens with one attached hydrogen (secondary N) is 2. The SMILES string of the molecule is CSc1ccccc1NC(=O)C(=O)NCc1cc(-c2ccoc2)cs1. The number of hydrogen-bond acceptors (Lipinski definition) is 5. The molecule has 2 N–H and O–H groups in total. The number of benzene rings is 1. The van der Waals surface area contributed by atoms with Crippen LogP contribution in [0.3, 0.4) is 0 Å². The smallest absolute Gasteiger partial charge is 0.313 e. The Kier molecular flexibility index (Phi) is 5.57. The fourth-order valence-corrected chi connectivity index (χ4v) is 3.61. The van der Waals surface area contributed by atoms with Crippen LogP contribution in [-0.2, 0) is 16.1 Å². The van der Waals surface area contributed by atoms with Gasteiger partial charge in [0.05, 0.1) is 24.8 Å². The molecule has 7 heteroatoms. The second-order valence-corrected chi connectivity index (χ2v) is 6.99. The summed E-state index contributed by atoms with van der Waals surface area (Å²) in [5.41, 5.74) is 2.65. The molecule has 128 valence electrons. The first-order valence-electron chi connectivity index (χ1n) is 7.49. The van der Waals surface area contributed by atoms with Gasteiger partial charge in [-0.3, -0.25) is 9.59 Å². The number of hydrogen-bond donors (Lipinski definition) is 2. The topological polar surface area (TPSA) is 71.3 Å². The molecule has 2 amide bonds. The van der Waals surface area contributed by atoms with E-state index in [2.05, 4.69) is 10.6 Å². The summed E-state index contributed by atoms with van der Waals surface area (Å²) >= 11 is 3.03. The summed E-state index contributed by atoms with van der Waals surface area (Å²) in [7, 11) is 0. The summed E-state index contributed by atoms with van der Waals surface area (Å²) in [5.74, 6) is -1.33. The molecular weight excluding hydrogens is 356 g/mol.